The summed E-state index contributed by atoms with van der Waals surface area (Å²) in [7, 11) is 0. The van der Waals surface area contributed by atoms with Crippen LogP contribution in [0.3, 0.4) is 0 Å². The van der Waals surface area contributed by atoms with Crippen molar-refractivity contribution in [3.63, 3.8) is 0 Å². The maximum Gasteiger partial charge on any atom is 0.222 e. The molecular formula is C4H8O2S2. The maximum atomic E-state index is 8.26. The van der Waals surface area contributed by atoms with E-state index in [4.69, 9.17) is 9.84 Å². The van der Waals surface area contributed by atoms with Crippen LogP contribution in [-0.4, -0.2) is 22.0 Å². The van der Waals surface area contributed by atoms with E-state index < -0.39 is 0 Å². The molecule has 0 amide bonds. The molecule has 0 aliphatic heterocycles. The van der Waals surface area contributed by atoms with Crippen molar-refractivity contribution >= 4 is 28.4 Å². The van der Waals surface area contributed by atoms with Crippen molar-refractivity contribution in [2.24, 2.45) is 0 Å². The van der Waals surface area contributed by atoms with Gasteiger partial charge in [-0.15, -0.1) is 0 Å². The first-order valence-electron chi connectivity index (χ1n) is 2.21. The summed E-state index contributed by atoms with van der Waals surface area (Å²) in [5, 5.41) is 8.26. The highest BCUT2D eigenvalue weighted by Gasteiger charge is 1.91. The van der Waals surface area contributed by atoms with Gasteiger partial charge in [-0.25, -0.2) is 0 Å². The quantitative estimate of drug-likeness (QED) is 0.472. The molecule has 8 heavy (non-hydrogen) atoms. The molecular weight excluding hydrogens is 144 g/mol. The summed E-state index contributed by atoms with van der Waals surface area (Å²) in [6.45, 7) is 2.43. The fourth-order valence-electron chi connectivity index (χ4n) is 0.212. The van der Waals surface area contributed by atoms with Gasteiger partial charge in [0.15, 0.2) is 0 Å². The Kier molecular flexibility index (Phi) is 5.47. The minimum atomic E-state index is -0.00116. The molecule has 0 saturated heterocycles. The largest absolute Gasteiger partial charge is 0.479 e. The van der Waals surface area contributed by atoms with Gasteiger partial charge in [0.1, 0.15) is 0 Å². The highest BCUT2D eigenvalue weighted by Crippen LogP contribution is 2.01. The Bertz CT molecular complexity index is 66.4. The van der Waals surface area contributed by atoms with Gasteiger partial charge in [-0.3, -0.25) is 0 Å². The molecule has 0 bridgehead atoms. The van der Waals surface area contributed by atoms with E-state index in [1.165, 1.54) is 0 Å². The third-order valence-electron chi connectivity index (χ3n) is 0.445. The van der Waals surface area contributed by atoms with Crippen LogP contribution in [0.2, 0.25) is 0 Å². The second-order valence-corrected chi connectivity index (χ2v) is 2.50. The van der Waals surface area contributed by atoms with Crippen LogP contribution in [0.4, 0.5) is 0 Å². The van der Waals surface area contributed by atoms with Gasteiger partial charge in [0, 0.05) is 0 Å². The lowest BCUT2D eigenvalue weighted by atomic mass is 10.9. The van der Waals surface area contributed by atoms with Crippen LogP contribution in [0.25, 0.3) is 0 Å². The number of rotatable bonds is 2. The fourth-order valence-corrected chi connectivity index (χ4v) is 0.795. The van der Waals surface area contributed by atoms with Crippen molar-refractivity contribution in [3.05, 3.63) is 0 Å². The number of hydrogen-bond acceptors (Lipinski definition) is 4. The Balaban J connectivity index is 3.06. The van der Waals surface area contributed by atoms with E-state index in [0.717, 1.165) is 11.8 Å². The highest BCUT2D eigenvalue weighted by atomic mass is 32.2. The summed E-state index contributed by atoms with van der Waals surface area (Å²) in [5.74, 6) is -0.00116. The third kappa shape index (κ3) is 4.36. The van der Waals surface area contributed by atoms with Crippen LogP contribution in [0.1, 0.15) is 6.92 Å². The molecule has 0 spiro atoms. The minimum absolute atomic E-state index is 0.00116. The van der Waals surface area contributed by atoms with Gasteiger partial charge in [0.05, 0.1) is 12.5 Å². The summed E-state index contributed by atoms with van der Waals surface area (Å²) < 4.78 is 5.23. The monoisotopic (exact) mass is 152 g/mol. The van der Waals surface area contributed by atoms with Crippen molar-refractivity contribution in [1.29, 1.82) is 0 Å². The molecule has 0 radical (unpaired) electrons. The predicted molar refractivity (Wildman–Crippen MR) is 38.9 cm³/mol. The summed E-state index contributed by atoms with van der Waals surface area (Å²) in [6.07, 6.45) is 0. The Morgan fingerprint density at radius 3 is 2.88 bits per heavy atom. The van der Waals surface area contributed by atoms with E-state index in [1.54, 1.807) is 0 Å². The average molecular weight is 152 g/mol. The van der Waals surface area contributed by atoms with E-state index in [9.17, 15) is 0 Å². The van der Waals surface area contributed by atoms with Crippen LogP contribution in [-0.2, 0) is 4.74 Å². The number of hydrogen-bond donors (Lipinski definition) is 1. The maximum absolute atomic E-state index is 8.26. The van der Waals surface area contributed by atoms with Gasteiger partial charge in [-0.1, -0.05) is 0 Å². The number of aliphatic hydroxyl groups excluding tert-OH is 1. The lowest BCUT2D eigenvalue weighted by molar-refractivity contribution is 0.343. The van der Waals surface area contributed by atoms with E-state index in [2.05, 4.69) is 12.2 Å². The number of ether oxygens (including phenoxy) is 1. The van der Waals surface area contributed by atoms with E-state index in [1.807, 2.05) is 6.92 Å². The van der Waals surface area contributed by atoms with E-state index >= 15 is 0 Å². The Hall–Kier alpha value is 0.200. The van der Waals surface area contributed by atoms with Crippen LogP contribution < -0.4 is 0 Å². The molecule has 48 valence electrons. The minimum Gasteiger partial charge on any atom is -0.479 e. The van der Waals surface area contributed by atoms with E-state index in [0.29, 0.717) is 11.0 Å². The molecule has 4 heteroatoms. The van der Waals surface area contributed by atoms with Crippen molar-refractivity contribution in [2.75, 3.05) is 12.5 Å². The number of aliphatic hydroxyl groups is 1. The molecule has 0 unspecified atom stereocenters. The molecule has 1 N–H and O–H groups in total. The summed E-state index contributed by atoms with van der Waals surface area (Å²) in [4.78, 5) is 0. The Morgan fingerprint density at radius 2 is 2.50 bits per heavy atom. The molecule has 0 saturated carbocycles. The lowest BCUT2D eigenvalue weighted by Crippen LogP contribution is -1.95. The molecule has 0 aliphatic carbocycles. The third-order valence-corrected chi connectivity index (χ3v) is 1.40. The zero-order chi connectivity index (χ0) is 6.41. The zero-order valence-electron chi connectivity index (χ0n) is 4.59. The lowest BCUT2D eigenvalue weighted by Gasteiger charge is -1.99. The van der Waals surface area contributed by atoms with Gasteiger partial charge in [0.2, 0.25) is 4.38 Å². The van der Waals surface area contributed by atoms with Crippen LogP contribution in [0, 0.1) is 0 Å². The van der Waals surface area contributed by atoms with Gasteiger partial charge in [-0.2, -0.15) is 0 Å². The fraction of sp³-hybridized carbons (Fsp3) is 0.750. The van der Waals surface area contributed by atoms with Gasteiger partial charge in [0.25, 0.3) is 0 Å². The summed E-state index contributed by atoms with van der Waals surface area (Å²) in [6, 6.07) is 0. The normalized spacial score (nSPS) is 8.75. The standard InChI is InChI=1S/C4H8O2S2/c1-2-6-4(7)8-3-5/h5H,2-3H2,1H3. The highest BCUT2D eigenvalue weighted by molar-refractivity contribution is 8.22. The first-order valence-corrected chi connectivity index (χ1v) is 3.61. The number of thiocarbonyl (C=S) groups is 1. The molecule has 0 aromatic heterocycles. The van der Waals surface area contributed by atoms with Gasteiger partial charge < -0.3 is 9.84 Å². The first kappa shape index (κ1) is 8.20. The predicted octanol–water partition coefficient (Wildman–Crippen LogP) is 0.991. The topological polar surface area (TPSA) is 29.5 Å². The van der Waals surface area contributed by atoms with Crippen LogP contribution in [0.5, 0.6) is 0 Å². The van der Waals surface area contributed by atoms with Crippen LogP contribution >= 0.6 is 24.0 Å². The average Bonchev–Trinajstić information content (AvgIpc) is 1.68. The van der Waals surface area contributed by atoms with Crippen LogP contribution in [0.15, 0.2) is 0 Å². The molecule has 0 aromatic rings. The Morgan fingerprint density at radius 1 is 1.88 bits per heavy atom. The second-order valence-electron chi connectivity index (χ2n) is 0.956. The molecule has 0 atom stereocenters. The second kappa shape index (κ2) is 5.34. The van der Waals surface area contributed by atoms with Crippen molar-refractivity contribution < 1.29 is 9.84 Å². The molecule has 0 aromatic carbocycles. The molecule has 2 nitrogen and oxygen atoms in total. The number of thioether (sulfide) groups is 1. The van der Waals surface area contributed by atoms with Crippen molar-refractivity contribution in [1.82, 2.24) is 0 Å². The van der Waals surface area contributed by atoms with E-state index in [-0.39, 0.29) is 5.94 Å². The SMILES string of the molecule is CCOC(=S)SCO. The zero-order valence-corrected chi connectivity index (χ0v) is 6.22. The molecule has 0 aliphatic rings. The van der Waals surface area contributed by atoms with Crippen molar-refractivity contribution in [2.45, 2.75) is 6.92 Å². The molecule has 0 fully saturated rings. The van der Waals surface area contributed by atoms with Crippen molar-refractivity contribution in [3.8, 4) is 0 Å². The van der Waals surface area contributed by atoms with Gasteiger partial charge in [-0.05, 0) is 30.9 Å². The smallest absolute Gasteiger partial charge is 0.222 e. The summed E-state index contributed by atoms with van der Waals surface area (Å²) >= 11 is 5.75. The Labute approximate surface area is 58.2 Å². The van der Waals surface area contributed by atoms with Gasteiger partial charge >= 0.3 is 0 Å². The first-order chi connectivity index (χ1) is 3.81. The molecule has 0 heterocycles. The molecule has 0 rings (SSSR count). The summed E-state index contributed by atoms with van der Waals surface area (Å²) in [5.41, 5.74) is 0.